The zero-order chi connectivity index (χ0) is 15.6. The Bertz CT molecular complexity index is 618. The van der Waals surface area contributed by atoms with Gasteiger partial charge >= 0.3 is 6.18 Å². The van der Waals surface area contributed by atoms with Crippen molar-refractivity contribution in [3.8, 4) is 10.4 Å². The van der Waals surface area contributed by atoms with Gasteiger partial charge in [0, 0.05) is 15.8 Å². The molecule has 0 bridgehead atoms. The SMILES string of the molecule is CCCC(N)c1ccc(-c2ccc(F)c(C(F)(F)F)c2)s1. The molecule has 0 aliphatic carbocycles. The van der Waals surface area contributed by atoms with Gasteiger partial charge in [-0.15, -0.1) is 11.3 Å². The number of hydrogen-bond acceptors (Lipinski definition) is 2. The molecule has 0 saturated heterocycles. The van der Waals surface area contributed by atoms with E-state index < -0.39 is 17.6 Å². The highest BCUT2D eigenvalue weighted by Gasteiger charge is 2.34. The normalized spacial score (nSPS) is 13.4. The number of benzene rings is 1. The molecule has 1 aromatic carbocycles. The van der Waals surface area contributed by atoms with Gasteiger partial charge in [-0.1, -0.05) is 19.4 Å². The average Bonchev–Trinajstić information content (AvgIpc) is 2.88. The van der Waals surface area contributed by atoms with E-state index in [1.54, 1.807) is 6.07 Å². The largest absolute Gasteiger partial charge is 0.419 e. The molecular weight excluding hydrogens is 302 g/mol. The van der Waals surface area contributed by atoms with Gasteiger partial charge in [0.1, 0.15) is 5.82 Å². The average molecular weight is 317 g/mol. The van der Waals surface area contributed by atoms with Crippen molar-refractivity contribution in [1.82, 2.24) is 0 Å². The van der Waals surface area contributed by atoms with Gasteiger partial charge < -0.3 is 5.73 Å². The first kappa shape index (κ1) is 16.0. The van der Waals surface area contributed by atoms with Crippen molar-refractivity contribution in [2.24, 2.45) is 5.73 Å². The van der Waals surface area contributed by atoms with Gasteiger partial charge in [-0.05, 0) is 36.2 Å². The van der Waals surface area contributed by atoms with E-state index in [0.29, 0.717) is 10.4 Å². The van der Waals surface area contributed by atoms with E-state index in [9.17, 15) is 17.6 Å². The fourth-order valence-corrected chi connectivity index (χ4v) is 3.10. The minimum absolute atomic E-state index is 0.115. The lowest BCUT2D eigenvalue weighted by Crippen LogP contribution is -2.08. The predicted molar refractivity (Wildman–Crippen MR) is 76.6 cm³/mol. The van der Waals surface area contributed by atoms with Crippen molar-refractivity contribution < 1.29 is 17.6 Å². The quantitative estimate of drug-likeness (QED) is 0.753. The summed E-state index contributed by atoms with van der Waals surface area (Å²) in [5.41, 5.74) is 5.10. The Balaban J connectivity index is 2.35. The van der Waals surface area contributed by atoms with Crippen LogP contribution in [0.4, 0.5) is 17.6 Å². The second kappa shape index (κ2) is 6.15. The van der Waals surface area contributed by atoms with Crippen molar-refractivity contribution in [1.29, 1.82) is 0 Å². The Labute approximate surface area is 124 Å². The van der Waals surface area contributed by atoms with Gasteiger partial charge in [0.2, 0.25) is 0 Å². The first-order valence-corrected chi connectivity index (χ1v) is 7.37. The lowest BCUT2D eigenvalue weighted by molar-refractivity contribution is -0.139. The highest BCUT2D eigenvalue weighted by atomic mass is 32.1. The van der Waals surface area contributed by atoms with Crippen molar-refractivity contribution in [3.05, 3.63) is 46.6 Å². The predicted octanol–water partition coefficient (Wildman–Crippen LogP) is 5.37. The molecule has 114 valence electrons. The van der Waals surface area contributed by atoms with Crippen LogP contribution in [-0.4, -0.2) is 0 Å². The van der Waals surface area contributed by atoms with E-state index in [1.807, 2.05) is 13.0 Å². The van der Waals surface area contributed by atoms with E-state index in [-0.39, 0.29) is 6.04 Å². The van der Waals surface area contributed by atoms with Crippen LogP contribution in [0.2, 0.25) is 0 Å². The van der Waals surface area contributed by atoms with Gasteiger partial charge in [0.15, 0.2) is 0 Å². The third-order valence-electron chi connectivity index (χ3n) is 3.15. The summed E-state index contributed by atoms with van der Waals surface area (Å²) in [5, 5.41) is 0. The lowest BCUT2D eigenvalue weighted by Gasteiger charge is -2.09. The van der Waals surface area contributed by atoms with Crippen LogP contribution in [0.25, 0.3) is 10.4 Å². The molecule has 2 rings (SSSR count). The first-order valence-electron chi connectivity index (χ1n) is 6.55. The topological polar surface area (TPSA) is 26.0 Å². The summed E-state index contributed by atoms with van der Waals surface area (Å²) in [4.78, 5) is 1.58. The second-order valence-corrected chi connectivity index (χ2v) is 5.90. The van der Waals surface area contributed by atoms with E-state index in [2.05, 4.69) is 0 Å². The smallest absolute Gasteiger partial charge is 0.323 e. The molecule has 1 atom stereocenters. The van der Waals surface area contributed by atoms with Gasteiger partial charge in [0.05, 0.1) is 5.56 Å². The molecule has 0 saturated carbocycles. The third kappa shape index (κ3) is 3.63. The molecule has 1 nitrogen and oxygen atoms in total. The highest BCUT2D eigenvalue weighted by molar-refractivity contribution is 7.15. The zero-order valence-corrected chi connectivity index (χ0v) is 12.2. The van der Waals surface area contributed by atoms with Crippen LogP contribution in [-0.2, 0) is 6.18 Å². The minimum Gasteiger partial charge on any atom is -0.323 e. The van der Waals surface area contributed by atoms with Gasteiger partial charge in [-0.3, -0.25) is 0 Å². The Morgan fingerprint density at radius 3 is 2.52 bits per heavy atom. The highest BCUT2D eigenvalue weighted by Crippen LogP contribution is 2.37. The summed E-state index contributed by atoms with van der Waals surface area (Å²) in [6.07, 6.45) is -2.95. The van der Waals surface area contributed by atoms with Gasteiger partial charge in [0.25, 0.3) is 0 Å². The van der Waals surface area contributed by atoms with Crippen molar-refractivity contribution in [3.63, 3.8) is 0 Å². The fraction of sp³-hybridized carbons (Fsp3) is 0.333. The molecule has 1 unspecified atom stereocenters. The summed E-state index contributed by atoms with van der Waals surface area (Å²) < 4.78 is 51.4. The standard InChI is InChI=1S/C15H15F4NS/c1-2-3-12(20)14-7-6-13(21-14)9-4-5-11(16)10(8-9)15(17,18)19/h4-8,12H,2-3,20H2,1H3. The molecule has 0 amide bonds. The molecule has 0 aliphatic rings. The van der Waals surface area contributed by atoms with Gasteiger partial charge in [-0.25, -0.2) is 4.39 Å². The van der Waals surface area contributed by atoms with E-state index in [4.69, 9.17) is 5.73 Å². The summed E-state index contributed by atoms with van der Waals surface area (Å²) in [6.45, 7) is 2.02. The van der Waals surface area contributed by atoms with E-state index in [1.165, 1.54) is 17.4 Å². The van der Waals surface area contributed by atoms with Crippen LogP contribution in [0.3, 0.4) is 0 Å². The Kier molecular flexibility index (Phi) is 4.68. The molecule has 1 heterocycles. The number of nitrogens with two attached hydrogens (primary N) is 1. The Morgan fingerprint density at radius 2 is 1.90 bits per heavy atom. The van der Waals surface area contributed by atoms with Crippen molar-refractivity contribution >= 4 is 11.3 Å². The maximum Gasteiger partial charge on any atom is 0.419 e. The van der Waals surface area contributed by atoms with Crippen LogP contribution in [0.1, 0.15) is 36.2 Å². The molecule has 0 aliphatic heterocycles. The number of alkyl halides is 3. The summed E-state index contributed by atoms with van der Waals surface area (Å²) in [5.74, 6) is -1.26. The Hall–Kier alpha value is -1.40. The molecule has 6 heteroatoms. The molecular formula is C15H15F4NS. The number of rotatable bonds is 4. The number of thiophene rings is 1. The summed E-state index contributed by atoms with van der Waals surface area (Å²) >= 11 is 1.34. The summed E-state index contributed by atoms with van der Waals surface area (Å²) in [7, 11) is 0. The molecule has 0 spiro atoms. The van der Waals surface area contributed by atoms with Crippen LogP contribution >= 0.6 is 11.3 Å². The third-order valence-corrected chi connectivity index (χ3v) is 4.41. The van der Waals surface area contributed by atoms with Crippen molar-refractivity contribution in [2.75, 3.05) is 0 Å². The monoisotopic (exact) mass is 317 g/mol. The number of halogens is 4. The van der Waals surface area contributed by atoms with Crippen LogP contribution in [0.5, 0.6) is 0 Å². The number of hydrogen-bond donors (Lipinski definition) is 1. The fourth-order valence-electron chi connectivity index (χ4n) is 2.06. The van der Waals surface area contributed by atoms with Gasteiger partial charge in [-0.2, -0.15) is 13.2 Å². The molecule has 2 aromatic rings. The maximum atomic E-state index is 13.3. The maximum absolute atomic E-state index is 13.3. The molecule has 21 heavy (non-hydrogen) atoms. The zero-order valence-electron chi connectivity index (χ0n) is 11.4. The van der Waals surface area contributed by atoms with Crippen molar-refractivity contribution in [2.45, 2.75) is 32.0 Å². The molecule has 2 N–H and O–H groups in total. The summed E-state index contributed by atoms with van der Waals surface area (Å²) in [6, 6.07) is 6.47. The lowest BCUT2D eigenvalue weighted by atomic mass is 10.1. The van der Waals surface area contributed by atoms with Crippen LogP contribution < -0.4 is 5.73 Å². The molecule has 0 fully saturated rings. The molecule has 0 radical (unpaired) electrons. The van der Waals surface area contributed by atoms with E-state index in [0.717, 1.165) is 29.9 Å². The van der Waals surface area contributed by atoms with Crippen LogP contribution in [0.15, 0.2) is 30.3 Å². The Morgan fingerprint density at radius 1 is 1.19 bits per heavy atom. The molecule has 1 aromatic heterocycles. The second-order valence-electron chi connectivity index (χ2n) is 4.79. The minimum atomic E-state index is -4.70. The first-order chi connectivity index (χ1) is 9.82. The van der Waals surface area contributed by atoms with E-state index >= 15 is 0 Å². The van der Waals surface area contributed by atoms with Crippen LogP contribution in [0, 0.1) is 5.82 Å².